The van der Waals surface area contributed by atoms with Crippen molar-refractivity contribution < 1.29 is 29.0 Å². The molecular weight excluding hydrogens is 451 g/mol. The molecule has 0 aliphatic rings. The summed E-state index contributed by atoms with van der Waals surface area (Å²) in [4.78, 5) is 30.7. The number of unbranched alkanes of at least 4 members (excludes halogenated alkanes) is 12. The van der Waals surface area contributed by atoms with Crippen molar-refractivity contribution in [3.8, 4) is 0 Å². The first-order chi connectivity index (χ1) is 15.1. The lowest BCUT2D eigenvalue weighted by Crippen LogP contribution is -2.46. The number of ether oxygens (including phenoxy) is 1. The first-order valence-electron chi connectivity index (χ1n) is 12.7. The minimum atomic E-state index is -4.51. The third-order valence-corrected chi connectivity index (χ3v) is 8.27. The van der Waals surface area contributed by atoms with Crippen molar-refractivity contribution in [3.05, 3.63) is 0 Å². The summed E-state index contributed by atoms with van der Waals surface area (Å²) in [6.07, 6.45) is 15.4. The molecule has 0 spiro atoms. The molecule has 0 bridgehead atoms. The van der Waals surface area contributed by atoms with Gasteiger partial charge in [-0.05, 0) is 19.3 Å². The predicted octanol–water partition coefficient (Wildman–Crippen LogP) is 7.06. The topological polar surface area (TPSA) is 104 Å². The third-order valence-electron chi connectivity index (χ3n) is 6.39. The Morgan fingerprint density at radius 3 is 1.62 bits per heavy atom. The van der Waals surface area contributed by atoms with Crippen LogP contribution >= 0.6 is 19.2 Å². The number of alkyl halides is 1. The van der Waals surface area contributed by atoms with Crippen LogP contribution in [0.15, 0.2) is 0 Å². The highest BCUT2D eigenvalue weighted by atomic mass is 35.5. The Hall–Kier alpha value is -0.130. The third kappa shape index (κ3) is 14.2. The molecule has 0 aliphatic heterocycles. The highest BCUT2D eigenvalue weighted by molar-refractivity contribution is 7.54. The zero-order chi connectivity index (χ0) is 24.5. The van der Waals surface area contributed by atoms with Crippen LogP contribution < -0.4 is 0 Å². The van der Waals surface area contributed by atoms with E-state index in [0.717, 1.165) is 19.3 Å². The van der Waals surface area contributed by atoms with Gasteiger partial charge in [0.1, 0.15) is 10.7 Å². The van der Waals surface area contributed by atoms with Gasteiger partial charge in [-0.1, -0.05) is 97.8 Å². The number of hydrogen-bond acceptors (Lipinski definition) is 4. The number of carbonyl (C=O) groups excluding carboxylic acids is 1. The van der Waals surface area contributed by atoms with Crippen LogP contribution in [0.1, 0.15) is 130 Å². The van der Waals surface area contributed by atoms with Crippen LogP contribution in [0, 0.1) is 0 Å². The molecule has 0 saturated heterocycles. The van der Waals surface area contributed by atoms with Gasteiger partial charge in [0.25, 0.3) is 0 Å². The average Bonchev–Trinajstić information content (AvgIpc) is 2.74. The van der Waals surface area contributed by atoms with Gasteiger partial charge in [-0.15, -0.1) is 11.6 Å². The molecule has 0 amide bonds. The summed E-state index contributed by atoms with van der Waals surface area (Å²) in [5, 5.41) is 9.02. The van der Waals surface area contributed by atoms with Crippen molar-refractivity contribution in [3.63, 3.8) is 0 Å². The van der Waals surface area contributed by atoms with Crippen molar-refractivity contribution >= 4 is 25.2 Å². The summed E-state index contributed by atoms with van der Waals surface area (Å²) < 4.78 is 16.9. The van der Waals surface area contributed by atoms with E-state index in [9.17, 15) is 24.3 Å². The Labute approximate surface area is 201 Å². The zero-order valence-electron chi connectivity index (χ0n) is 20.6. The molecule has 6 nitrogen and oxygen atoms in total. The maximum absolute atomic E-state index is 12.3. The fourth-order valence-corrected chi connectivity index (χ4v) is 4.68. The fraction of sp³-hybridized carbons (Fsp3) is 0.958. The molecule has 3 N–H and O–H groups in total. The molecule has 0 heterocycles. The van der Waals surface area contributed by atoms with Crippen molar-refractivity contribution in [2.45, 2.75) is 147 Å². The fourth-order valence-electron chi connectivity index (χ4n) is 4.03. The maximum Gasteiger partial charge on any atom is 0.343 e. The predicted molar refractivity (Wildman–Crippen MR) is 132 cm³/mol. The molecule has 0 aromatic heterocycles. The summed E-state index contributed by atoms with van der Waals surface area (Å²) in [5.74, 6) is -0.377. The Kier molecular flexibility index (Phi) is 18.2. The Morgan fingerprint density at radius 2 is 1.25 bits per heavy atom. The van der Waals surface area contributed by atoms with Crippen LogP contribution in [0.25, 0.3) is 0 Å². The van der Waals surface area contributed by atoms with E-state index in [2.05, 4.69) is 6.92 Å². The van der Waals surface area contributed by atoms with Gasteiger partial charge in [0.15, 0.2) is 0 Å². The van der Waals surface area contributed by atoms with Crippen LogP contribution in [0.3, 0.4) is 0 Å². The van der Waals surface area contributed by atoms with E-state index in [-0.39, 0.29) is 18.8 Å². The Morgan fingerprint density at radius 1 is 0.844 bits per heavy atom. The quantitative estimate of drug-likeness (QED) is 0.0676. The molecular formula is C24H48ClO6P. The number of carbonyl (C=O) groups is 1. The number of rotatable bonds is 21. The molecule has 32 heavy (non-hydrogen) atoms. The van der Waals surface area contributed by atoms with E-state index < -0.39 is 24.4 Å². The normalized spacial score (nSPS) is 14.3. The highest BCUT2D eigenvalue weighted by Gasteiger charge is 2.42. The van der Waals surface area contributed by atoms with Crippen LogP contribution in [0.2, 0.25) is 0 Å². The van der Waals surface area contributed by atoms with Gasteiger partial charge in [0.2, 0.25) is 0 Å². The van der Waals surface area contributed by atoms with Crippen molar-refractivity contribution in [2.75, 3.05) is 0 Å². The molecule has 0 aromatic rings. The second-order valence-corrected chi connectivity index (χ2v) is 11.6. The molecule has 0 saturated carbocycles. The summed E-state index contributed by atoms with van der Waals surface area (Å²) in [6, 6.07) is 0. The van der Waals surface area contributed by atoms with E-state index in [0.29, 0.717) is 12.8 Å². The van der Waals surface area contributed by atoms with Gasteiger partial charge in [-0.2, -0.15) is 0 Å². The van der Waals surface area contributed by atoms with Gasteiger partial charge < -0.3 is 19.6 Å². The molecule has 0 rings (SSSR count). The molecule has 0 aliphatic carbocycles. The summed E-state index contributed by atoms with van der Waals surface area (Å²) in [5.41, 5.74) is -1.17. The van der Waals surface area contributed by atoms with E-state index in [1.807, 2.05) is 0 Å². The second kappa shape index (κ2) is 18.2. The number of aliphatic hydroxyl groups excluding tert-OH is 1. The number of halogens is 1. The van der Waals surface area contributed by atoms with E-state index in [1.54, 1.807) is 13.8 Å². The number of hydrogen-bond donors (Lipinski definition) is 3. The summed E-state index contributed by atoms with van der Waals surface area (Å²) in [7, 11) is -4.51. The van der Waals surface area contributed by atoms with Crippen LogP contribution in [0.4, 0.5) is 0 Å². The van der Waals surface area contributed by atoms with Gasteiger partial charge in [0, 0.05) is 12.8 Å². The SMILES string of the molecule is CCCCCCCCCCCCCCCC(=O)OC(CC)(CC)[C@@H](O)CC(Cl)P(=O)(O)O. The van der Waals surface area contributed by atoms with E-state index in [1.165, 1.54) is 64.2 Å². The first-order valence-corrected chi connectivity index (χ1v) is 14.8. The van der Waals surface area contributed by atoms with Crippen molar-refractivity contribution in [1.82, 2.24) is 0 Å². The largest absolute Gasteiger partial charge is 0.456 e. The highest BCUT2D eigenvalue weighted by Crippen LogP contribution is 2.47. The average molecular weight is 499 g/mol. The molecule has 1 unspecified atom stereocenters. The smallest absolute Gasteiger partial charge is 0.343 e. The Balaban J connectivity index is 4.05. The molecule has 192 valence electrons. The number of esters is 1. The summed E-state index contributed by atoms with van der Waals surface area (Å²) >= 11 is 5.74. The van der Waals surface area contributed by atoms with Gasteiger partial charge in [-0.3, -0.25) is 9.36 Å². The molecule has 0 radical (unpaired) electrons. The van der Waals surface area contributed by atoms with Gasteiger partial charge >= 0.3 is 13.6 Å². The van der Waals surface area contributed by atoms with Crippen LogP contribution in [-0.4, -0.2) is 37.7 Å². The molecule has 8 heteroatoms. The molecule has 2 atom stereocenters. The Bertz CT molecular complexity index is 521. The van der Waals surface area contributed by atoms with E-state index in [4.69, 9.17) is 16.3 Å². The summed E-state index contributed by atoms with van der Waals surface area (Å²) in [6.45, 7) is 5.81. The second-order valence-electron chi connectivity index (χ2n) is 9.01. The minimum Gasteiger partial charge on any atom is -0.456 e. The molecule has 0 aromatic carbocycles. The van der Waals surface area contributed by atoms with Crippen molar-refractivity contribution in [1.29, 1.82) is 0 Å². The van der Waals surface area contributed by atoms with Crippen LogP contribution in [-0.2, 0) is 14.1 Å². The monoisotopic (exact) mass is 498 g/mol. The van der Waals surface area contributed by atoms with Gasteiger partial charge in [0.05, 0.1) is 6.10 Å². The zero-order valence-corrected chi connectivity index (χ0v) is 22.2. The molecule has 0 fully saturated rings. The lowest BCUT2D eigenvalue weighted by molar-refractivity contribution is -0.176. The minimum absolute atomic E-state index is 0.287. The van der Waals surface area contributed by atoms with Crippen molar-refractivity contribution in [2.24, 2.45) is 0 Å². The lowest BCUT2D eigenvalue weighted by atomic mass is 9.88. The number of aliphatic hydroxyl groups is 1. The standard InChI is InChI=1S/C24H48ClO6P/c1-4-7-8-9-10-11-12-13-14-15-16-17-18-19-23(27)31-24(5-2,6-3)21(26)20-22(25)32(28,29)30/h21-22,26H,4-20H2,1-3H3,(H2,28,29,30)/t21-,22?/m0/s1. The lowest BCUT2D eigenvalue weighted by Gasteiger charge is -2.37. The van der Waals surface area contributed by atoms with Crippen LogP contribution in [0.5, 0.6) is 0 Å². The first kappa shape index (κ1) is 31.9. The van der Waals surface area contributed by atoms with E-state index >= 15 is 0 Å². The maximum atomic E-state index is 12.3. The van der Waals surface area contributed by atoms with Gasteiger partial charge in [-0.25, -0.2) is 0 Å².